The van der Waals surface area contributed by atoms with Gasteiger partial charge in [-0.15, -0.1) is 0 Å². The molecule has 29 heavy (non-hydrogen) atoms. The predicted octanol–water partition coefficient (Wildman–Crippen LogP) is 1.29. The number of likely N-dealkylation sites (tertiary alicyclic amines) is 1. The first-order valence-electron chi connectivity index (χ1n) is 9.89. The summed E-state index contributed by atoms with van der Waals surface area (Å²) in [5.41, 5.74) is 1.65. The zero-order chi connectivity index (χ0) is 21.7. The number of carbonyl (C=O) groups is 1. The number of amides is 1. The molecule has 8 nitrogen and oxygen atoms in total. The van der Waals surface area contributed by atoms with E-state index in [0.717, 1.165) is 5.56 Å². The largest absolute Gasteiger partial charge is 0.343 e. The van der Waals surface area contributed by atoms with Gasteiger partial charge in [0.15, 0.2) is 0 Å². The maximum Gasteiger partial charge on any atom is 0.240 e. The van der Waals surface area contributed by atoms with Gasteiger partial charge in [-0.05, 0) is 44.7 Å². The molecule has 0 saturated carbocycles. The van der Waals surface area contributed by atoms with E-state index in [1.807, 2.05) is 13.8 Å². The van der Waals surface area contributed by atoms with Gasteiger partial charge in [0.1, 0.15) is 0 Å². The molecule has 0 spiro atoms. The SMILES string of the molecule is CCCS(=O)(=O)NC1CCN(C(=O)CCNS(=O)(=O)c2ccc(C)cc2C)CC1. The summed E-state index contributed by atoms with van der Waals surface area (Å²) in [5, 5.41) is 0. The van der Waals surface area contributed by atoms with E-state index in [1.54, 1.807) is 30.0 Å². The molecule has 10 heteroatoms. The molecule has 1 aliphatic rings. The van der Waals surface area contributed by atoms with E-state index in [0.29, 0.717) is 37.9 Å². The quantitative estimate of drug-likeness (QED) is 0.595. The van der Waals surface area contributed by atoms with Crippen molar-refractivity contribution in [1.29, 1.82) is 0 Å². The maximum absolute atomic E-state index is 12.4. The van der Waals surface area contributed by atoms with Gasteiger partial charge < -0.3 is 4.90 Å². The Labute approximate surface area is 174 Å². The van der Waals surface area contributed by atoms with Crippen LogP contribution in [0.15, 0.2) is 23.1 Å². The number of aryl methyl sites for hydroxylation is 2. The Morgan fingerprint density at radius 1 is 1.14 bits per heavy atom. The number of rotatable bonds is 9. The first-order valence-corrected chi connectivity index (χ1v) is 13.0. The number of hydrogen-bond donors (Lipinski definition) is 2. The van der Waals surface area contributed by atoms with Crippen molar-refractivity contribution < 1.29 is 21.6 Å². The zero-order valence-electron chi connectivity index (χ0n) is 17.3. The minimum absolute atomic E-state index is 0.0253. The highest BCUT2D eigenvalue weighted by molar-refractivity contribution is 7.89. The molecule has 1 fully saturated rings. The van der Waals surface area contributed by atoms with Crippen LogP contribution in [0.3, 0.4) is 0 Å². The highest BCUT2D eigenvalue weighted by Gasteiger charge is 2.26. The van der Waals surface area contributed by atoms with Gasteiger partial charge in [0.25, 0.3) is 0 Å². The van der Waals surface area contributed by atoms with Crippen LogP contribution in [0, 0.1) is 13.8 Å². The van der Waals surface area contributed by atoms with Crippen LogP contribution in [0.4, 0.5) is 0 Å². The molecule has 0 aromatic heterocycles. The van der Waals surface area contributed by atoms with Crippen LogP contribution in [-0.2, 0) is 24.8 Å². The Bertz CT molecular complexity index is 921. The summed E-state index contributed by atoms with van der Waals surface area (Å²) < 4.78 is 53.8. The highest BCUT2D eigenvalue weighted by atomic mass is 32.2. The number of sulfonamides is 2. The van der Waals surface area contributed by atoms with E-state index in [4.69, 9.17) is 0 Å². The zero-order valence-corrected chi connectivity index (χ0v) is 18.9. The van der Waals surface area contributed by atoms with Gasteiger partial charge in [-0.2, -0.15) is 0 Å². The summed E-state index contributed by atoms with van der Waals surface area (Å²) in [6, 6.07) is 4.96. The Balaban J connectivity index is 1.80. The average Bonchev–Trinajstić information content (AvgIpc) is 2.61. The lowest BCUT2D eigenvalue weighted by Gasteiger charge is -2.32. The number of nitrogens with zero attached hydrogens (tertiary/aromatic N) is 1. The van der Waals surface area contributed by atoms with Crippen LogP contribution >= 0.6 is 0 Å². The molecule has 2 N–H and O–H groups in total. The number of hydrogen-bond acceptors (Lipinski definition) is 5. The maximum atomic E-state index is 12.4. The lowest BCUT2D eigenvalue weighted by molar-refractivity contribution is -0.132. The third-order valence-corrected chi connectivity index (χ3v) is 8.18. The molecule has 1 aromatic rings. The second kappa shape index (κ2) is 10.0. The average molecular weight is 446 g/mol. The Morgan fingerprint density at radius 2 is 1.79 bits per heavy atom. The van der Waals surface area contributed by atoms with Crippen molar-refractivity contribution >= 4 is 26.0 Å². The fourth-order valence-electron chi connectivity index (χ4n) is 3.46. The first kappa shape index (κ1) is 23.8. The molecule has 1 saturated heterocycles. The predicted molar refractivity (Wildman–Crippen MR) is 113 cm³/mol. The fourth-order valence-corrected chi connectivity index (χ4v) is 6.11. The molecule has 0 atom stereocenters. The molecular formula is C19H31N3O5S2. The normalized spacial score (nSPS) is 16.2. The Hall–Kier alpha value is -1.49. The molecule has 1 aromatic carbocycles. The van der Waals surface area contributed by atoms with Crippen molar-refractivity contribution in [2.75, 3.05) is 25.4 Å². The van der Waals surface area contributed by atoms with Crippen LogP contribution in [0.25, 0.3) is 0 Å². The summed E-state index contributed by atoms with van der Waals surface area (Å²) in [6.45, 7) is 6.40. The van der Waals surface area contributed by atoms with Gasteiger partial charge >= 0.3 is 0 Å². The summed E-state index contributed by atoms with van der Waals surface area (Å²) in [6.07, 6.45) is 1.74. The minimum atomic E-state index is -3.67. The molecule has 0 aliphatic carbocycles. The third-order valence-electron chi connectivity index (χ3n) is 4.92. The standard InChI is InChI=1S/C19H31N3O5S2/c1-4-13-28(24,25)21-17-8-11-22(12-9-17)19(23)7-10-20-29(26,27)18-6-5-15(2)14-16(18)3/h5-6,14,17,20-21H,4,7-13H2,1-3H3. The van der Waals surface area contributed by atoms with E-state index in [-0.39, 0.29) is 35.6 Å². The number of benzene rings is 1. The van der Waals surface area contributed by atoms with Crippen molar-refractivity contribution in [1.82, 2.24) is 14.3 Å². The van der Waals surface area contributed by atoms with Gasteiger partial charge in [0, 0.05) is 32.1 Å². The molecule has 1 heterocycles. The monoisotopic (exact) mass is 445 g/mol. The molecule has 164 valence electrons. The lowest BCUT2D eigenvalue weighted by Crippen LogP contribution is -2.47. The van der Waals surface area contributed by atoms with Crippen LogP contribution in [0.5, 0.6) is 0 Å². The number of carbonyl (C=O) groups excluding carboxylic acids is 1. The van der Waals surface area contributed by atoms with Gasteiger partial charge in [-0.1, -0.05) is 24.6 Å². The second-order valence-electron chi connectivity index (χ2n) is 7.51. The topological polar surface area (TPSA) is 113 Å². The molecule has 0 bridgehead atoms. The Morgan fingerprint density at radius 3 is 2.38 bits per heavy atom. The van der Waals surface area contributed by atoms with Crippen molar-refractivity contribution in [3.8, 4) is 0 Å². The van der Waals surface area contributed by atoms with E-state index in [1.165, 1.54) is 0 Å². The minimum Gasteiger partial charge on any atom is -0.343 e. The smallest absolute Gasteiger partial charge is 0.240 e. The van der Waals surface area contributed by atoms with Gasteiger partial charge in [0.05, 0.1) is 10.6 Å². The molecule has 1 amide bonds. The van der Waals surface area contributed by atoms with Crippen molar-refractivity contribution in [3.63, 3.8) is 0 Å². The highest BCUT2D eigenvalue weighted by Crippen LogP contribution is 2.16. The van der Waals surface area contributed by atoms with Gasteiger partial charge in [0.2, 0.25) is 26.0 Å². The van der Waals surface area contributed by atoms with Crippen LogP contribution in [0.2, 0.25) is 0 Å². The van der Waals surface area contributed by atoms with E-state index in [2.05, 4.69) is 9.44 Å². The summed E-state index contributed by atoms with van der Waals surface area (Å²) >= 11 is 0. The van der Waals surface area contributed by atoms with Crippen molar-refractivity contribution in [2.45, 2.75) is 57.4 Å². The molecular weight excluding hydrogens is 414 g/mol. The molecule has 2 rings (SSSR count). The number of nitrogens with one attached hydrogen (secondary N) is 2. The molecule has 0 radical (unpaired) electrons. The Kier molecular flexibility index (Phi) is 8.21. The summed E-state index contributed by atoms with van der Waals surface area (Å²) in [7, 11) is -6.93. The fraction of sp³-hybridized carbons (Fsp3) is 0.632. The van der Waals surface area contributed by atoms with Crippen molar-refractivity contribution in [3.05, 3.63) is 29.3 Å². The van der Waals surface area contributed by atoms with Crippen molar-refractivity contribution in [2.24, 2.45) is 0 Å². The lowest BCUT2D eigenvalue weighted by atomic mass is 10.1. The van der Waals surface area contributed by atoms with Gasteiger partial charge in [-0.25, -0.2) is 26.3 Å². The van der Waals surface area contributed by atoms with E-state index in [9.17, 15) is 21.6 Å². The van der Waals surface area contributed by atoms with E-state index < -0.39 is 20.0 Å². The van der Waals surface area contributed by atoms with Crippen LogP contribution < -0.4 is 9.44 Å². The van der Waals surface area contributed by atoms with E-state index >= 15 is 0 Å². The second-order valence-corrected chi connectivity index (χ2v) is 11.1. The van der Waals surface area contributed by atoms with Crippen LogP contribution in [-0.4, -0.2) is 59.1 Å². The van der Waals surface area contributed by atoms with Crippen LogP contribution in [0.1, 0.15) is 43.7 Å². The van der Waals surface area contributed by atoms with Gasteiger partial charge in [-0.3, -0.25) is 4.79 Å². The summed E-state index contributed by atoms with van der Waals surface area (Å²) in [4.78, 5) is 14.3. The first-order chi connectivity index (χ1) is 13.5. The number of piperidine rings is 1. The molecule has 1 aliphatic heterocycles. The summed E-state index contributed by atoms with van der Waals surface area (Å²) in [5.74, 6) is -0.0320. The third kappa shape index (κ3) is 7.06. The molecule has 0 unspecified atom stereocenters.